The molecular formula is C15H16ClF5N2O4. The summed E-state index contributed by atoms with van der Waals surface area (Å²) in [6.07, 6.45) is -4.70. The number of hydrogen-bond acceptors (Lipinski definition) is 4. The summed E-state index contributed by atoms with van der Waals surface area (Å²) < 4.78 is 67.7. The van der Waals surface area contributed by atoms with Crippen LogP contribution in [0.2, 0.25) is 0 Å². The molecule has 12 heteroatoms. The van der Waals surface area contributed by atoms with Gasteiger partial charge in [-0.3, -0.25) is 14.5 Å². The number of nitrogens with zero attached hydrogens (tertiary/aromatic N) is 1. The number of likely N-dealkylation sites (tertiary alicyclic amines) is 1. The van der Waals surface area contributed by atoms with Crippen LogP contribution in [0.15, 0.2) is 24.3 Å². The van der Waals surface area contributed by atoms with Gasteiger partial charge in [0.1, 0.15) is 5.75 Å². The van der Waals surface area contributed by atoms with Gasteiger partial charge in [-0.1, -0.05) is 12.1 Å². The lowest BCUT2D eigenvalue weighted by molar-refractivity contribution is -0.188. The van der Waals surface area contributed by atoms with Crippen molar-refractivity contribution in [2.75, 3.05) is 25.0 Å². The molecule has 0 saturated carbocycles. The van der Waals surface area contributed by atoms with E-state index in [2.05, 4.69) is 10.1 Å². The summed E-state index contributed by atoms with van der Waals surface area (Å²) in [5.74, 6) is -6.42. The molecule has 1 heterocycles. The lowest BCUT2D eigenvalue weighted by Gasteiger charge is -2.18. The maximum Gasteiger partial charge on any atom is 0.393 e. The summed E-state index contributed by atoms with van der Waals surface area (Å²) in [5, 5.41) is 11.2. The second kappa shape index (κ2) is 9.18. The Hall–Kier alpha value is -2.14. The van der Waals surface area contributed by atoms with Crippen LogP contribution in [0.25, 0.3) is 0 Å². The summed E-state index contributed by atoms with van der Waals surface area (Å²) in [4.78, 5) is 24.1. The number of hydrogen-bond donors (Lipinski definition) is 2. The number of carboxylic acids is 1. The van der Waals surface area contributed by atoms with Gasteiger partial charge in [0.25, 0.3) is 0 Å². The molecule has 0 aliphatic carbocycles. The molecule has 1 aromatic rings. The molecule has 6 nitrogen and oxygen atoms in total. The summed E-state index contributed by atoms with van der Waals surface area (Å²) >= 11 is 0. The van der Waals surface area contributed by atoms with Crippen molar-refractivity contribution in [2.45, 2.75) is 12.8 Å². The van der Waals surface area contributed by atoms with E-state index >= 15 is 0 Å². The summed E-state index contributed by atoms with van der Waals surface area (Å²) in [6, 6.07) is 5.33. The van der Waals surface area contributed by atoms with Crippen molar-refractivity contribution in [3.05, 3.63) is 24.3 Å². The maximum atomic E-state index is 12.9. The van der Waals surface area contributed by atoms with Gasteiger partial charge in [-0.15, -0.1) is 12.4 Å². The minimum Gasteiger partial charge on any atom is -0.481 e. The predicted molar refractivity (Wildman–Crippen MR) is 86.1 cm³/mol. The number of rotatable bonds is 6. The van der Waals surface area contributed by atoms with E-state index in [4.69, 9.17) is 5.11 Å². The number of amides is 1. The quantitative estimate of drug-likeness (QED) is 0.695. The summed E-state index contributed by atoms with van der Waals surface area (Å²) in [6.45, 7) is -4.71. The number of ether oxygens (including phenoxy) is 1. The number of para-hydroxylation sites is 2. The van der Waals surface area contributed by atoms with Crippen LogP contribution in [-0.2, 0) is 9.59 Å². The van der Waals surface area contributed by atoms with Crippen LogP contribution in [0.1, 0.15) is 0 Å². The molecule has 2 rings (SSSR count). The van der Waals surface area contributed by atoms with E-state index in [1.54, 1.807) is 0 Å². The Balaban J connectivity index is 0.00000364. The Kier molecular flexibility index (Phi) is 7.78. The first kappa shape index (κ1) is 22.9. The van der Waals surface area contributed by atoms with Gasteiger partial charge in [-0.25, -0.2) is 0 Å². The Morgan fingerprint density at radius 3 is 2.41 bits per heavy atom. The molecule has 0 spiro atoms. The highest BCUT2D eigenvalue weighted by Gasteiger charge is 2.52. The smallest absolute Gasteiger partial charge is 0.393 e. The number of aliphatic carboxylic acids is 1. The number of carboxylic acid groups (broad SMARTS) is 1. The molecule has 2 atom stereocenters. The highest BCUT2D eigenvalue weighted by Crippen LogP contribution is 2.37. The fraction of sp³-hybridized carbons (Fsp3) is 0.467. The van der Waals surface area contributed by atoms with Crippen LogP contribution >= 0.6 is 12.4 Å². The Morgan fingerprint density at radius 2 is 1.89 bits per heavy atom. The van der Waals surface area contributed by atoms with Gasteiger partial charge in [-0.2, -0.15) is 22.0 Å². The van der Waals surface area contributed by atoms with Gasteiger partial charge >= 0.3 is 18.8 Å². The first-order valence-electron chi connectivity index (χ1n) is 7.43. The third-order valence-corrected chi connectivity index (χ3v) is 3.88. The van der Waals surface area contributed by atoms with Gasteiger partial charge in [0.15, 0.2) is 0 Å². The topological polar surface area (TPSA) is 78.9 Å². The van der Waals surface area contributed by atoms with E-state index in [1.165, 1.54) is 24.3 Å². The lowest BCUT2D eigenvalue weighted by Crippen LogP contribution is -2.34. The molecule has 1 saturated heterocycles. The number of halogens is 6. The molecule has 0 radical (unpaired) electrons. The molecule has 2 N–H and O–H groups in total. The van der Waals surface area contributed by atoms with Crippen LogP contribution < -0.4 is 10.1 Å². The Morgan fingerprint density at radius 1 is 1.26 bits per heavy atom. The molecule has 1 amide bonds. The maximum absolute atomic E-state index is 12.9. The Bertz CT molecular complexity index is 674. The number of benzene rings is 1. The van der Waals surface area contributed by atoms with Crippen molar-refractivity contribution in [2.24, 2.45) is 11.8 Å². The van der Waals surface area contributed by atoms with Crippen molar-refractivity contribution in [1.29, 1.82) is 0 Å². The van der Waals surface area contributed by atoms with E-state index < -0.39 is 56.1 Å². The first-order valence-corrected chi connectivity index (χ1v) is 7.43. The third-order valence-electron chi connectivity index (χ3n) is 3.88. The van der Waals surface area contributed by atoms with E-state index in [-0.39, 0.29) is 23.8 Å². The highest BCUT2D eigenvalue weighted by atomic mass is 35.5. The Labute approximate surface area is 156 Å². The number of nitrogens with one attached hydrogen (secondary N) is 1. The van der Waals surface area contributed by atoms with Gasteiger partial charge in [0.2, 0.25) is 5.91 Å². The zero-order chi connectivity index (χ0) is 19.5. The molecule has 1 fully saturated rings. The molecule has 0 aromatic heterocycles. The molecule has 152 valence electrons. The van der Waals surface area contributed by atoms with Crippen molar-refractivity contribution in [3.63, 3.8) is 0 Å². The zero-order valence-corrected chi connectivity index (χ0v) is 14.4. The van der Waals surface area contributed by atoms with Crippen molar-refractivity contribution < 1.29 is 41.4 Å². The molecule has 1 aliphatic rings. The predicted octanol–water partition coefficient (Wildman–Crippen LogP) is 2.84. The number of carbonyl (C=O) groups excluding carboxylic acids is 1. The lowest BCUT2D eigenvalue weighted by atomic mass is 9.96. The first-order chi connectivity index (χ1) is 12.1. The van der Waals surface area contributed by atoms with Crippen LogP contribution in [0.5, 0.6) is 5.75 Å². The van der Waals surface area contributed by atoms with Crippen LogP contribution in [0, 0.1) is 11.8 Å². The minimum absolute atomic E-state index is 0. The second-order valence-electron chi connectivity index (χ2n) is 5.71. The van der Waals surface area contributed by atoms with E-state index in [9.17, 15) is 31.5 Å². The molecular weight excluding hydrogens is 403 g/mol. The number of carbonyl (C=O) groups is 2. The van der Waals surface area contributed by atoms with E-state index in [0.717, 1.165) is 4.90 Å². The minimum atomic E-state index is -4.70. The van der Waals surface area contributed by atoms with Gasteiger partial charge < -0.3 is 15.2 Å². The number of alkyl halides is 5. The summed E-state index contributed by atoms with van der Waals surface area (Å²) in [7, 11) is 0. The summed E-state index contributed by atoms with van der Waals surface area (Å²) in [5.41, 5.74) is -0.0702. The fourth-order valence-corrected chi connectivity index (χ4v) is 2.76. The monoisotopic (exact) mass is 418 g/mol. The van der Waals surface area contributed by atoms with Gasteiger partial charge in [0, 0.05) is 13.1 Å². The molecule has 0 unspecified atom stereocenters. The highest BCUT2D eigenvalue weighted by molar-refractivity contribution is 5.93. The molecule has 1 aromatic carbocycles. The largest absolute Gasteiger partial charge is 0.481 e. The zero-order valence-electron chi connectivity index (χ0n) is 13.6. The standard InChI is InChI=1S/C15H15F5N2O4.ClH/c16-14(17)26-11-4-2-1-3-10(11)21-12(23)7-22-5-8(13(24)25)9(6-22)15(18,19)20;/h1-4,8-9,14H,5-7H2,(H,21,23)(H,24,25);1H/t8-,9-;/m1./s1. The molecule has 1 aliphatic heterocycles. The van der Waals surface area contributed by atoms with Crippen molar-refractivity contribution in [1.82, 2.24) is 4.90 Å². The molecule has 0 bridgehead atoms. The SMILES string of the molecule is Cl.O=C(CN1C[C@@H](C(F)(F)F)[C@H](C(=O)O)C1)Nc1ccccc1OC(F)F. The number of anilines is 1. The van der Waals surface area contributed by atoms with Gasteiger partial charge in [0.05, 0.1) is 24.1 Å². The fourth-order valence-electron chi connectivity index (χ4n) is 2.76. The third kappa shape index (κ3) is 6.21. The van der Waals surface area contributed by atoms with E-state index in [0.29, 0.717) is 0 Å². The average molecular weight is 419 g/mol. The second-order valence-corrected chi connectivity index (χ2v) is 5.71. The normalized spacial score (nSPS) is 20.2. The van der Waals surface area contributed by atoms with Crippen molar-refractivity contribution >= 4 is 30.0 Å². The average Bonchev–Trinajstić information content (AvgIpc) is 2.93. The van der Waals surface area contributed by atoms with Crippen LogP contribution in [-0.4, -0.2) is 54.3 Å². The van der Waals surface area contributed by atoms with Gasteiger partial charge in [-0.05, 0) is 12.1 Å². The molecule has 27 heavy (non-hydrogen) atoms. The van der Waals surface area contributed by atoms with Crippen LogP contribution in [0.3, 0.4) is 0 Å². The van der Waals surface area contributed by atoms with E-state index in [1.807, 2.05) is 0 Å². The van der Waals surface area contributed by atoms with Crippen LogP contribution in [0.4, 0.5) is 27.6 Å². The van der Waals surface area contributed by atoms with Crippen molar-refractivity contribution in [3.8, 4) is 5.75 Å².